The van der Waals surface area contributed by atoms with E-state index < -0.39 is 0 Å². The predicted octanol–water partition coefficient (Wildman–Crippen LogP) is 3.21. The van der Waals surface area contributed by atoms with Crippen LogP contribution >= 0.6 is 0 Å². The standard InChI is InChI=1S/C18H24N4O2/c1-13-10-16(20-22(13)15-8-6-5-7-9-15)19-17(23)21-12-18(3,4)24-11-14(21)2/h5-10,14H,11-12H2,1-4H3,(H,19,20,23)/t14-/m0/s1. The number of anilines is 1. The van der Waals surface area contributed by atoms with Gasteiger partial charge in [0.1, 0.15) is 0 Å². The molecule has 2 heterocycles. The number of benzene rings is 1. The molecule has 0 radical (unpaired) electrons. The van der Waals surface area contributed by atoms with Crippen LogP contribution in [0.4, 0.5) is 10.6 Å². The van der Waals surface area contributed by atoms with Crippen LogP contribution in [0, 0.1) is 6.92 Å². The summed E-state index contributed by atoms with van der Waals surface area (Å²) < 4.78 is 7.57. The maximum atomic E-state index is 12.6. The number of rotatable bonds is 2. The number of urea groups is 1. The Labute approximate surface area is 142 Å². The molecule has 2 aromatic rings. The highest BCUT2D eigenvalue weighted by Gasteiger charge is 2.34. The molecule has 2 amide bonds. The third kappa shape index (κ3) is 3.43. The molecular formula is C18H24N4O2. The first kappa shape index (κ1) is 16.5. The molecule has 0 spiro atoms. The monoisotopic (exact) mass is 328 g/mol. The Morgan fingerprint density at radius 1 is 1.33 bits per heavy atom. The van der Waals surface area contributed by atoms with E-state index in [4.69, 9.17) is 4.74 Å². The van der Waals surface area contributed by atoms with Crippen LogP contribution in [0.15, 0.2) is 36.4 Å². The molecule has 1 fully saturated rings. The number of hydrogen-bond donors (Lipinski definition) is 1. The Balaban J connectivity index is 1.75. The largest absolute Gasteiger partial charge is 0.372 e. The van der Waals surface area contributed by atoms with E-state index in [-0.39, 0.29) is 17.7 Å². The maximum Gasteiger partial charge on any atom is 0.323 e. The first-order valence-electron chi connectivity index (χ1n) is 8.19. The van der Waals surface area contributed by atoms with Crippen LogP contribution in [0.3, 0.4) is 0 Å². The number of aryl methyl sites for hydroxylation is 1. The van der Waals surface area contributed by atoms with Gasteiger partial charge in [-0.05, 0) is 39.8 Å². The van der Waals surface area contributed by atoms with E-state index in [1.54, 1.807) is 4.90 Å². The van der Waals surface area contributed by atoms with Gasteiger partial charge in [0.05, 0.1) is 30.5 Å². The molecule has 1 saturated heterocycles. The third-order valence-electron chi connectivity index (χ3n) is 4.18. The summed E-state index contributed by atoms with van der Waals surface area (Å²) in [5.74, 6) is 0.554. The first-order chi connectivity index (χ1) is 11.4. The molecule has 1 aromatic heterocycles. The van der Waals surface area contributed by atoms with Crippen LogP contribution in [0.5, 0.6) is 0 Å². The summed E-state index contributed by atoms with van der Waals surface area (Å²) in [7, 11) is 0. The second-order valence-electron chi connectivity index (χ2n) is 6.90. The maximum absolute atomic E-state index is 12.6. The molecule has 0 aliphatic carbocycles. The lowest BCUT2D eigenvalue weighted by molar-refractivity contribution is -0.0938. The van der Waals surface area contributed by atoms with Gasteiger partial charge in [-0.3, -0.25) is 5.32 Å². The SMILES string of the molecule is Cc1cc(NC(=O)N2CC(C)(C)OC[C@@H]2C)nn1-c1ccccc1. The molecule has 24 heavy (non-hydrogen) atoms. The zero-order chi connectivity index (χ0) is 17.3. The molecule has 1 aromatic carbocycles. The van der Waals surface area contributed by atoms with E-state index >= 15 is 0 Å². The second-order valence-corrected chi connectivity index (χ2v) is 6.90. The Kier molecular flexibility index (Phi) is 4.32. The molecule has 3 rings (SSSR count). The smallest absolute Gasteiger partial charge is 0.323 e. The number of amides is 2. The number of nitrogens with zero attached hydrogens (tertiary/aromatic N) is 3. The van der Waals surface area contributed by atoms with Crippen LogP contribution in [0.2, 0.25) is 0 Å². The van der Waals surface area contributed by atoms with Crippen LogP contribution in [-0.2, 0) is 4.74 Å². The van der Waals surface area contributed by atoms with Gasteiger partial charge in [-0.15, -0.1) is 5.10 Å². The Bertz CT molecular complexity index is 724. The van der Waals surface area contributed by atoms with Gasteiger partial charge in [0.2, 0.25) is 0 Å². The molecule has 6 nitrogen and oxygen atoms in total. The fourth-order valence-electron chi connectivity index (χ4n) is 2.87. The van der Waals surface area contributed by atoms with Crippen molar-refractivity contribution in [3.63, 3.8) is 0 Å². The second kappa shape index (κ2) is 6.28. The minimum Gasteiger partial charge on any atom is -0.372 e. The quantitative estimate of drug-likeness (QED) is 0.921. The number of nitrogens with one attached hydrogen (secondary N) is 1. The molecule has 1 atom stereocenters. The van der Waals surface area contributed by atoms with Crippen molar-refractivity contribution in [1.82, 2.24) is 14.7 Å². The number of hydrogen-bond acceptors (Lipinski definition) is 3. The van der Waals surface area contributed by atoms with Crippen LogP contribution in [0.25, 0.3) is 5.69 Å². The highest BCUT2D eigenvalue weighted by Crippen LogP contribution is 2.22. The van der Waals surface area contributed by atoms with Crippen molar-refractivity contribution in [3.05, 3.63) is 42.1 Å². The summed E-state index contributed by atoms with van der Waals surface area (Å²) in [6.07, 6.45) is 0. The molecule has 0 bridgehead atoms. The van der Waals surface area contributed by atoms with Crippen molar-refractivity contribution in [2.24, 2.45) is 0 Å². The van der Waals surface area contributed by atoms with E-state index in [1.807, 2.05) is 68.8 Å². The molecule has 128 valence electrons. The van der Waals surface area contributed by atoms with Crippen molar-refractivity contribution in [3.8, 4) is 5.69 Å². The van der Waals surface area contributed by atoms with Gasteiger partial charge in [-0.2, -0.15) is 0 Å². The van der Waals surface area contributed by atoms with Gasteiger partial charge in [0, 0.05) is 11.8 Å². The van der Waals surface area contributed by atoms with Crippen LogP contribution in [-0.4, -0.2) is 45.5 Å². The van der Waals surface area contributed by atoms with Gasteiger partial charge >= 0.3 is 6.03 Å². The zero-order valence-corrected chi connectivity index (χ0v) is 14.6. The van der Waals surface area contributed by atoms with E-state index in [0.717, 1.165) is 11.4 Å². The topological polar surface area (TPSA) is 59.4 Å². The number of carbonyl (C=O) groups is 1. The number of morpholine rings is 1. The summed E-state index contributed by atoms with van der Waals surface area (Å²) in [5.41, 5.74) is 1.60. The lowest BCUT2D eigenvalue weighted by Crippen LogP contribution is -2.56. The number of ether oxygens (including phenoxy) is 1. The molecule has 6 heteroatoms. The number of para-hydroxylation sites is 1. The summed E-state index contributed by atoms with van der Waals surface area (Å²) in [5, 5.41) is 7.41. The molecule has 1 aliphatic rings. The first-order valence-corrected chi connectivity index (χ1v) is 8.19. The fraction of sp³-hybridized carbons (Fsp3) is 0.444. The highest BCUT2D eigenvalue weighted by molar-refractivity contribution is 5.88. The summed E-state index contributed by atoms with van der Waals surface area (Å²) in [6, 6.07) is 11.6. The molecule has 1 aliphatic heterocycles. The van der Waals surface area contributed by atoms with Gasteiger partial charge in [0.15, 0.2) is 5.82 Å². The van der Waals surface area contributed by atoms with Crippen molar-refractivity contribution in [2.75, 3.05) is 18.5 Å². The Morgan fingerprint density at radius 2 is 2.04 bits per heavy atom. The van der Waals surface area contributed by atoms with Crippen LogP contribution in [0.1, 0.15) is 26.5 Å². The molecule has 0 saturated carbocycles. The average Bonchev–Trinajstić information content (AvgIpc) is 2.91. The van der Waals surface area contributed by atoms with Crippen LogP contribution < -0.4 is 5.32 Å². The van der Waals surface area contributed by atoms with Crippen molar-refractivity contribution >= 4 is 11.8 Å². The molecule has 1 N–H and O–H groups in total. The minimum absolute atomic E-state index is 0.0373. The fourth-order valence-corrected chi connectivity index (χ4v) is 2.87. The Morgan fingerprint density at radius 3 is 2.75 bits per heavy atom. The zero-order valence-electron chi connectivity index (χ0n) is 14.6. The van der Waals surface area contributed by atoms with Crippen molar-refractivity contribution in [2.45, 2.75) is 39.3 Å². The van der Waals surface area contributed by atoms with Gasteiger partial charge in [-0.25, -0.2) is 9.48 Å². The van der Waals surface area contributed by atoms with Gasteiger partial charge in [0.25, 0.3) is 0 Å². The lowest BCUT2D eigenvalue weighted by atomic mass is 10.1. The number of aromatic nitrogens is 2. The summed E-state index contributed by atoms with van der Waals surface area (Å²) >= 11 is 0. The van der Waals surface area contributed by atoms with E-state index in [2.05, 4.69) is 10.4 Å². The molecule has 0 unspecified atom stereocenters. The average molecular weight is 328 g/mol. The van der Waals surface area contributed by atoms with Crippen molar-refractivity contribution in [1.29, 1.82) is 0 Å². The van der Waals surface area contributed by atoms with Gasteiger partial charge < -0.3 is 9.64 Å². The third-order valence-corrected chi connectivity index (χ3v) is 4.18. The van der Waals surface area contributed by atoms with Crippen molar-refractivity contribution < 1.29 is 9.53 Å². The highest BCUT2D eigenvalue weighted by atomic mass is 16.5. The van der Waals surface area contributed by atoms with E-state index in [0.29, 0.717) is 19.0 Å². The summed E-state index contributed by atoms with van der Waals surface area (Å²) in [6.45, 7) is 9.04. The molecular weight excluding hydrogens is 304 g/mol. The van der Waals surface area contributed by atoms with E-state index in [1.165, 1.54) is 0 Å². The van der Waals surface area contributed by atoms with Gasteiger partial charge in [-0.1, -0.05) is 18.2 Å². The lowest BCUT2D eigenvalue weighted by Gasteiger charge is -2.42. The predicted molar refractivity (Wildman–Crippen MR) is 93.5 cm³/mol. The Hall–Kier alpha value is -2.34. The summed E-state index contributed by atoms with van der Waals surface area (Å²) in [4.78, 5) is 14.4. The normalized spacial score (nSPS) is 20.0. The minimum atomic E-state index is -0.330. The number of carbonyl (C=O) groups excluding carboxylic acids is 1. The van der Waals surface area contributed by atoms with E-state index in [9.17, 15) is 4.79 Å².